The molecule has 10 nitrogen and oxygen atoms in total. The van der Waals surface area contributed by atoms with Gasteiger partial charge in [0.1, 0.15) is 0 Å². The van der Waals surface area contributed by atoms with Crippen LogP contribution in [0.5, 0.6) is 0 Å². The van der Waals surface area contributed by atoms with Gasteiger partial charge in [-0.15, -0.1) is 12.3 Å². The molecule has 2 saturated heterocycles. The number of fused-ring (bicyclic) bond motifs is 1. The van der Waals surface area contributed by atoms with Crippen LogP contribution in [0.1, 0.15) is 51.4 Å². The number of ether oxygens (including phenoxy) is 3. The summed E-state index contributed by atoms with van der Waals surface area (Å²) in [5, 5.41) is 12.1. The second-order valence-electron chi connectivity index (χ2n) is 8.82. The summed E-state index contributed by atoms with van der Waals surface area (Å²) in [6.07, 6.45) is 10.9. The fourth-order valence-corrected chi connectivity index (χ4v) is 5.53. The zero-order valence-corrected chi connectivity index (χ0v) is 22.0. The Bertz CT molecular complexity index is 705. The lowest BCUT2D eigenvalue weighted by atomic mass is 10.0. The SMILES string of the molecule is C#CCCC(=O)NCCCOCCOCCOCCCNC(=O)CCCC[C@@H]1SC[C@@H]2NC(=O)N[C@@H]21. The molecule has 4 N–H and O–H groups in total. The molecule has 3 atom stereocenters. The van der Waals surface area contributed by atoms with Crippen LogP contribution in [0.4, 0.5) is 4.79 Å². The van der Waals surface area contributed by atoms with Crippen molar-refractivity contribution in [2.24, 2.45) is 0 Å². The van der Waals surface area contributed by atoms with E-state index in [0.29, 0.717) is 77.2 Å². The highest BCUT2D eigenvalue weighted by molar-refractivity contribution is 8.00. The summed E-state index contributed by atoms with van der Waals surface area (Å²) >= 11 is 1.91. The molecule has 2 aliphatic heterocycles. The Morgan fingerprint density at radius 1 is 0.889 bits per heavy atom. The van der Waals surface area contributed by atoms with Crippen LogP contribution in [0.15, 0.2) is 0 Å². The number of hydrogen-bond acceptors (Lipinski definition) is 7. The molecule has 2 fully saturated rings. The number of carbonyl (C=O) groups is 3. The lowest BCUT2D eigenvalue weighted by Crippen LogP contribution is -2.36. The van der Waals surface area contributed by atoms with Gasteiger partial charge in [-0.25, -0.2) is 4.79 Å². The van der Waals surface area contributed by atoms with Gasteiger partial charge in [-0.05, 0) is 25.7 Å². The summed E-state index contributed by atoms with van der Waals surface area (Å²) < 4.78 is 16.4. The van der Waals surface area contributed by atoms with E-state index in [0.717, 1.165) is 37.9 Å². The average Bonchev–Trinajstić information content (AvgIpc) is 3.42. The Morgan fingerprint density at radius 3 is 2.14 bits per heavy atom. The number of hydrogen-bond donors (Lipinski definition) is 4. The first kappa shape index (κ1) is 30.2. The Morgan fingerprint density at radius 2 is 1.50 bits per heavy atom. The lowest BCUT2D eigenvalue weighted by Gasteiger charge is -2.16. The zero-order valence-electron chi connectivity index (χ0n) is 21.2. The molecule has 0 aromatic carbocycles. The lowest BCUT2D eigenvalue weighted by molar-refractivity contribution is -0.122. The molecule has 0 aromatic rings. The van der Waals surface area contributed by atoms with Crippen molar-refractivity contribution in [2.75, 3.05) is 58.5 Å². The second kappa shape index (κ2) is 19.2. The standard InChI is InChI=1S/C25H42N4O6S/c1-2-3-9-22(30)26-11-6-13-33-15-17-35-18-16-34-14-7-12-27-23(31)10-5-4-8-21-24-20(19-36-21)28-25(32)29-24/h1,20-21,24H,3-19H2,(H,26,30)(H,27,31)(H2,28,29,32)/t20-,21-,24-/m0/s1. The molecular formula is C25H42N4O6S. The third-order valence-corrected chi connectivity index (χ3v) is 7.40. The van der Waals surface area contributed by atoms with Crippen molar-refractivity contribution in [1.82, 2.24) is 21.3 Å². The number of thioether (sulfide) groups is 1. The molecule has 0 bridgehead atoms. The van der Waals surface area contributed by atoms with Crippen molar-refractivity contribution < 1.29 is 28.6 Å². The first-order valence-corrected chi connectivity index (χ1v) is 14.0. The van der Waals surface area contributed by atoms with Gasteiger partial charge < -0.3 is 35.5 Å². The van der Waals surface area contributed by atoms with Gasteiger partial charge >= 0.3 is 6.03 Å². The molecular weight excluding hydrogens is 484 g/mol. The predicted molar refractivity (Wildman–Crippen MR) is 140 cm³/mol. The molecule has 11 heteroatoms. The highest BCUT2D eigenvalue weighted by atomic mass is 32.2. The fourth-order valence-electron chi connectivity index (χ4n) is 3.98. The molecule has 0 aliphatic carbocycles. The minimum absolute atomic E-state index is 0.0260. The first-order valence-electron chi connectivity index (χ1n) is 13.0. The smallest absolute Gasteiger partial charge is 0.315 e. The normalized spacial score (nSPS) is 20.3. The Kier molecular flexibility index (Phi) is 16.1. The van der Waals surface area contributed by atoms with E-state index >= 15 is 0 Å². The molecule has 0 aromatic heterocycles. The predicted octanol–water partition coefficient (Wildman–Crippen LogP) is 1.19. The van der Waals surface area contributed by atoms with Crippen LogP contribution in [-0.4, -0.2) is 93.7 Å². The highest BCUT2D eigenvalue weighted by Gasteiger charge is 2.42. The quantitative estimate of drug-likeness (QED) is 0.101. The molecule has 4 amide bonds. The number of terminal acetylenes is 1. The average molecular weight is 527 g/mol. The molecule has 0 unspecified atom stereocenters. The van der Waals surface area contributed by atoms with Gasteiger partial charge in [-0.2, -0.15) is 11.8 Å². The monoisotopic (exact) mass is 526 g/mol. The van der Waals surface area contributed by atoms with Crippen molar-refractivity contribution >= 4 is 29.6 Å². The van der Waals surface area contributed by atoms with E-state index in [1.165, 1.54) is 0 Å². The van der Waals surface area contributed by atoms with Crippen molar-refractivity contribution in [3.63, 3.8) is 0 Å². The Labute approximate surface area is 219 Å². The summed E-state index contributed by atoms with van der Waals surface area (Å²) in [6.45, 7) is 4.35. The number of unbranched alkanes of at least 4 members (excludes halogenated alkanes) is 1. The van der Waals surface area contributed by atoms with Crippen LogP contribution in [0, 0.1) is 12.3 Å². The third kappa shape index (κ3) is 13.3. The van der Waals surface area contributed by atoms with E-state index in [2.05, 4.69) is 27.2 Å². The van der Waals surface area contributed by atoms with Gasteiger partial charge in [0.15, 0.2) is 0 Å². The second-order valence-corrected chi connectivity index (χ2v) is 10.1. The van der Waals surface area contributed by atoms with Crippen LogP contribution in [0.25, 0.3) is 0 Å². The van der Waals surface area contributed by atoms with E-state index in [1.807, 2.05) is 11.8 Å². The number of urea groups is 1. The molecule has 0 spiro atoms. The largest absolute Gasteiger partial charge is 0.379 e. The van der Waals surface area contributed by atoms with E-state index < -0.39 is 0 Å². The first-order chi connectivity index (χ1) is 17.6. The molecule has 0 saturated carbocycles. The topological polar surface area (TPSA) is 127 Å². The maximum absolute atomic E-state index is 12.0. The van der Waals surface area contributed by atoms with Gasteiger partial charge in [-0.3, -0.25) is 9.59 Å². The maximum atomic E-state index is 12.0. The molecule has 2 heterocycles. The summed E-state index contributed by atoms with van der Waals surface area (Å²) in [6, 6.07) is 0.435. The summed E-state index contributed by atoms with van der Waals surface area (Å²) in [7, 11) is 0. The minimum atomic E-state index is -0.0551. The molecule has 2 aliphatic rings. The Balaban J connectivity index is 1.26. The van der Waals surface area contributed by atoms with Crippen LogP contribution < -0.4 is 21.3 Å². The van der Waals surface area contributed by atoms with E-state index in [4.69, 9.17) is 20.6 Å². The van der Waals surface area contributed by atoms with Gasteiger partial charge in [0.05, 0.1) is 38.5 Å². The van der Waals surface area contributed by atoms with Crippen molar-refractivity contribution in [3.8, 4) is 12.3 Å². The third-order valence-electron chi connectivity index (χ3n) is 5.90. The van der Waals surface area contributed by atoms with Crippen molar-refractivity contribution in [1.29, 1.82) is 0 Å². The summed E-state index contributed by atoms with van der Waals surface area (Å²) in [5.41, 5.74) is 0. The fraction of sp³-hybridized carbons (Fsp3) is 0.800. The van der Waals surface area contributed by atoms with Crippen LogP contribution in [-0.2, 0) is 23.8 Å². The molecule has 36 heavy (non-hydrogen) atoms. The summed E-state index contributed by atoms with van der Waals surface area (Å²) in [5.74, 6) is 3.46. The van der Waals surface area contributed by atoms with Crippen LogP contribution in [0.2, 0.25) is 0 Å². The van der Waals surface area contributed by atoms with Gasteiger partial charge in [0, 0.05) is 56.6 Å². The number of carbonyl (C=O) groups excluding carboxylic acids is 3. The highest BCUT2D eigenvalue weighted by Crippen LogP contribution is 2.33. The molecule has 2 rings (SSSR count). The van der Waals surface area contributed by atoms with Crippen molar-refractivity contribution in [3.05, 3.63) is 0 Å². The van der Waals surface area contributed by atoms with E-state index in [-0.39, 0.29) is 29.9 Å². The molecule has 204 valence electrons. The maximum Gasteiger partial charge on any atom is 0.315 e. The Hall–Kier alpha value is -2.00. The minimum Gasteiger partial charge on any atom is -0.379 e. The van der Waals surface area contributed by atoms with Gasteiger partial charge in [-0.1, -0.05) is 6.42 Å². The molecule has 0 radical (unpaired) electrons. The number of rotatable bonds is 21. The number of amides is 4. The summed E-state index contributed by atoms with van der Waals surface area (Å²) in [4.78, 5) is 34.7. The van der Waals surface area contributed by atoms with E-state index in [1.54, 1.807) is 0 Å². The van der Waals surface area contributed by atoms with Gasteiger partial charge in [0.25, 0.3) is 0 Å². The van der Waals surface area contributed by atoms with Gasteiger partial charge in [0.2, 0.25) is 11.8 Å². The number of nitrogens with one attached hydrogen (secondary N) is 4. The van der Waals surface area contributed by atoms with Crippen LogP contribution >= 0.6 is 11.8 Å². The van der Waals surface area contributed by atoms with Crippen molar-refractivity contribution in [2.45, 2.75) is 68.7 Å². The zero-order chi connectivity index (χ0) is 25.8. The van der Waals surface area contributed by atoms with Crippen LogP contribution in [0.3, 0.4) is 0 Å². The van der Waals surface area contributed by atoms with E-state index in [9.17, 15) is 14.4 Å².